The molecule has 0 bridgehead atoms. The van der Waals surface area contributed by atoms with Crippen molar-refractivity contribution in [2.75, 3.05) is 11.1 Å². The van der Waals surface area contributed by atoms with Gasteiger partial charge in [-0.1, -0.05) is 23.9 Å². The fourth-order valence-electron chi connectivity index (χ4n) is 1.90. The molecule has 0 saturated carbocycles. The summed E-state index contributed by atoms with van der Waals surface area (Å²) in [4.78, 5) is 11.8. The summed E-state index contributed by atoms with van der Waals surface area (Å²) in [6.45, 7) is 0. The number of anilines is 1. The van der Waals surface area contributed by atoms with Gasteiger partial charge < -0.3 is 9.73 Å². The first kappa shape index (κ1) is 16.1. The number of hydrogen-bond acceptors (Lipinski definition) is 5. The maximum absolute atomic E-state index is 13.2. The van der Waals surface area contributed by atoms with Crippen LogP contribution in [0.15, 0.2) is 58.2 Å². The first-order valence-corrected chi connectivity index (χ1v) is 7.86. The minimum atomic E-state index is -0.433. The molecule has 0 spiro atoms. The van der Waals surface area contributed by atoms with Gasteiger partial charge in [-0.3, -0.25) is 4.79 Å². The Bertz CT molecular complexity index is 870. The Kier molecular flexibility index (Phi) is 4.85. The van der Waals surface area contributed by atoms with Crippen LogP contribution in [0.3, 0.4) is 0 Å². The van der Waals surface area contributed by atoms with E-state index in [0.717, 1.165) is 11.8 Å². The molecule has 2 aromatic carbocycles. The molecule has 0 aliphatic rings. The fraction of sp³-hybridized carbons (Fsp3) is 0.0625. The predicted octanol–water partition coefficient (Wildman–Crippen LogP) is 3.75. The maximum Gasteiger partial charge on any atom is 0.277 e. The number of carbonyl (C=O) groups is 1. The lowest BCUT2D eigenvalue weighted by atomic mass is 10.2. The zero-order valence-corrected chi connectivity index (χ0v) is 13.0. The minimum absolute atomic E-state index is 0.0152. The molecule has 1 N–H and O–H groups in total. The van der Waals surface area contributed by atoms with Crippen LogP contribution in [0.5, 0.6) is 0 Å². The van der Waals surface area contributed by atoms with E-state index in [-0.39, 0.29) is 22.8 Å². The Morgan fingerprint density at radius 1 is 1.08 bits per heavy atom. The van der Waals surface area contributed by atoms with Crippen LogP contribution in [0, 0.1) is 11.6 Å². The fourth-order valence-corrected chi connectivity index (χ4v) is 2.46. The summed E-state index contributed by atoms with van der Waals surface area (Å²) in [5.74, 6) is -0.994. The summed E-state index contributed by atoms with van der Waals surface area (Å²) in [5.41, 5.74) is 0.824. The molecular weight excluding hydrogens is 336 g/mol. The maximum atomic E-state index is 13.2. The lowest BCUT2D eigenvalue weighted by Gasteiger charge is -2.03. The number of amides is 1. The van der Waals surface area contributed by atoms with E-state index in [2.05, 4.69) is 15.5 Å². The standard InChI is InChI=1S/C16H11F2N3O2S/c17-11-4-1-3-10(7-11)15-20-21-16(23-15)24-9-14(22)19-13-6-2-5-12(18)8-13/h1-8H,9H2,(H,19,22). The predicted molar refractivity (Wildman–Crippen MR) is 85.4 cm³/mol. The minimum Gasteiger partial charge on any atom is -0.411 e. The average molecular weight is 347 g/mol. The van der Waals surface area contributed by atoms with Gasteiger partial charge in [-0.15, -0.1) is 10.2 Å². The molecule has 0 atom stereocenters. The second-order valence-electron chi connectivity index (χ2n) is 4.73. The zero-order chi connectivity index (χ0) is 16.9. The van der Waals surface area contributed by atoms with Crippen molar-refractivity contribution in [1.29, 1.82) is 0 Å². The summed E-state index contributed by atoms with van der Waals surface area (Å²) in [5, 5.41) is 10.4. The molecule has 0 fully saturated rings. The molecular formula is C16H11F2N3O2S. The summed E-state index contributed by atoms with van der Waals surface area (Å²) < 4.78 is 31.6. The van der Waals surface area contributed by atoms with Crippen molar-refractivity contribution in [2.45, 2.75) is 5.22 Å². The van der Waals surface area contributed by atoms with Crippen LogP contribution in [0.4, 0.5) is 14.5 Å². The van der Waals surface area contributed by atoms with Gasteiger partial charge in [0.25, 0.3) is 5.22 Å². The van der Waals surface area contributed by atoms with Gasteiger partial charge in [0.15, 0.2) is 0 Å². The third kappa shape index (κ3) is 4.17. The number of benzene rings is 2. The molecule has 24 heavy (non-hydrogen) atoms. The Balaban J connectivity index is 1.58. The smallest absolute Gasteiger partial charge is 0.277 e. The van der Waals surface area contributed by atoms with Crippen LogP contribution in [-0.2, 0) is 4.79 Å². The number of nitrogens with one attached hydrogen (secondary N) is 1. The summed E-state index contributed by atoms with van der Waals surface area (Å²) >= 11 is 1.03. The van der Waals surface area contributed by atoms with Gasteiger partial charge in [-0.2, -0.15) is 0 Å². The second-order valence-corrected chi connectivity index (χ2v) is 5.66. The van der Waals surface area contributed by atoms with Gasteiger partial charge in [0.1, 0.15) is 11.6 Å². The number of thioether (sulfide) groups is 1. The first-order valence-electron chi connectivity index (χ1n) is 6.88. The van der Waals surface area contributed by atoms with E-state index in [9.17, 15) is 13.6 Å². The van der Waals surface area contributed by atoms with Crippen LogP contribution >= 0.6 is 11.8 Å². The summed E-state index contributed by atoms with van der Waals surface area (Å²) in [7, 11) is 0. The molecule has 122 valence electrons. The van der Waals surface area contributed by atoms with Crippen molar-refractivity contribution < 1.29 is 18.0 Å². The molecule has 0 unspecified atom stereocenters. The van der Waals surface area contributed by atoms with E-state index < -0.39 is 11.6 Å². The number of halogens is 2. The van der Waals surface area contributed by atoms with Crippen molar-refractivity contribution in [2.24, 2.45) is 0 Å². The van der Waals surface area contributed by atoms with E-state index in [1.807, 2.05) is 0 Å². The van der Waals surface area contributed by atoms with Crippen molar-refractivity contribution in [3.05, 3.63) is 60.2 Å². The van der Waals surface area contributed by atoms with E-state index >= 15 is 0 Å². The van der Waals surface area contributed by atoms with Gasteiger partial charge in [0.2, 0.25) is 11.8 Å². The van der Waals surface area contributed by atoms with Crippen LogP contribution < -0.4 is 5.32 Å². The highest BCUT2D eigenvalue weighted by Crippen LogP contribution is 2.23. The number of hydrogen-bond donors (Lipinski definition) is 1. The Morgan fingerprint density at radius 2 is 1.83 bits per heavy atom. The SMILES string of the molecule is O=C(CSc1nnc(-c2cccc(F)c2)o1)Nc1cccc(F)c1. The molecule has 3 aromatic rings. The van der Waals surface area contributed by atoms with E-state index in [1.165, 1.54) is 36.4 Å². The summed E-state index contributed by atoms with van der Waals surface area (Å²) in [6.07, 6.45) is 0. The van der Waals surface area contributed by atoms with Crippen LogP contribution in [0.25, 0.3) is 11.5 Å². The van der Waals surface area contributed by atoms with Gasteiger partial charge in [-0.05, 0) is 36.4 Å². The normalized spacial score (nSPS) is 10.6. The van der Waals surface area contributed by atoms with Gasteiger partial charge >= 0.3 is 0 Å². The quantitative estimate of drug-likeness (QED) is 0.712. The lowest BCUT2D eigenvalue weighted by molar-refractivity contribution is -0.113. The highest BCUT2D eigenvalue weighted by molar-refractivity contribution is 7.99. The zero-order valence-electron chi connectivity index (χ0n) is 12.2. The number of carbonyl (C=O) groups excluding carboxylic acids is 1. The summed E-state index contributed by atoms with van der Waals surface area (Å²) in [6, 6.07) is 11.4. The van der Waals surface area contributed by atoms with Crippen molar-refractivity contribution in [1.82, 2.24) is 10.2 Å². The molecule has 1 aromatic heterocycles. The van der Waals surface area contributed by atoms with Crippen molar-refractivity contribution >= 4 is 23.4 Å². The number of nitrogens with zero attached hydrogens (tertiary/aromatic N) is 2. The monoisotopic (exact) mass is 347 g/mol. The van der Waals surface area contributed by atoms with E-state index in [0.29, 0.717) is 11.3 Å². The molecule has 3 rings (SSSR count). The van der Waals surface area contributed by atoms with Crippen LogP contribution in [0.2, 0.25) is 0 Å². The van der Waals surface area contributed by atoms with E-state index in [1.54, 1.807) is 12.1 Å². The van der Waals surface area contributed by atoms with Crippen LogP contribution in [-0.4, -0.2) is 21.9 Å². The topological polar surface area (TPSA) is 68.0 Å². The molecule has 0 aliphatic heterocycles. The van der Waals surface area contributed by atoms with Gasteiger partial charge in [-0.25, -0.2) is 8.78 Å². The molecule has 1 heterocycles. The van der Waals surface area contributed by atoms with Gasteiger partial charge in [0.05, 0.1) is 5.75 Å². The average Bonchev–Trinajstić information content (AvgIpc) is 3.02. The number of rotatable bonds is 5. The Hall–Kier alpha value is -2.74. The van der Waals surface area contributed by atoms with Crippen LogP contribution in [0.1, 0.15) is 0 Å². The largest absolute Gasteiger partial charge is 0.411 e. The molecule has 8 heteroatoms. The second kappa shape index (κ2) is 7.22. The first-order chi connectivity index (χ1) is 11.6. The molecule has 1 amide bonds. The highest BCUT2D eigenvalue weighted by Gasteiger charge is 2.12. The van der Waals surface area contributed by atoms with E-state index in [4.69, 9.17) is 4.42 Å². The Labute approximate surface area is 140 Å². The molecule has 5 nitrogen and oxygen atoms in total. The Morgan fingerprint density at radius 3 is 2.58 bits per heavy atom. The third-order valence-corrected chi connectivity index (χ3v) is 3.73. The van der Waals surface area contributed by atoms with Gasteiger partial charge in [0, 0.05) is 11.3 Å². The lowest BCUT2D eigenvalue weighted by Crippen LogP contribution is -2.14. The third-order valence-electron chi connectivity index (χ3n) is 2.91. The molecule has 0 saturated heterocycles. The van der Waals surface area contributed by atoms with Crippen molar-refractivity contribution in [3.8, 4) is 11.5 Å². The molecule has 0 aliphatic carbocycles. The number of aromatic nitrogens is 2. The molecule has 0 radical (unpaired) electrons. The highest BCUT2D eigenvalue weighted by atomic mass is 32.2. The van der Waals surface area contributed by atoms with Crippen molar-refractivity contribution in [3.63, 3.8) is 0 Å².